The Kier molecular flexibility index (Phi) is 3.09. The molecule has 0 saturated heterocycles. The van der Waals surface area contributed by atoms with Gasteiger partial charge in [0.2, 0.25) is 0 Å². The van der Waals surface area contributed by atoms with Crippen LogP contribution in [0.5, 0.6) is 0 Å². The van der Waals surface area contributed by atoms with Crippen LogP contribution in [-0.2, 0) is 4.79 Å². The number of ketones is 1. The van der Waals surface area contributed by atoms with E-state index in [9.17, 15) is 4.79 Å². The summed E-state index contributed by atoms with van der Waals surface area (Å²) in [4.78, 5) is 16.1. The zero-order valence-corrected chi connectivity index (χ0v) is 10.4. The summed E-state index contributed by atoms with van der Waals surface area (Å²) in [6, 6.07) is 10.5. The maximum atomic E-state index is 11.7. The van der Waals surface area contributed by atoms with Crippen molar-refractivity contribution < 1.29 is 4.79 Å². The van der Waals surface area contributed by atoms with E-state index in [1.807, 2.05) is 12.3 Å². The average Bonchev–Trinajstić information content (AvgIpc) is 2.63. The first kappa shape index (κ1) is 11.4. The van der Waals surface area contributed by atoms with Crippen molar-refractivity contribution in [3.8, 4) is 0 Å². The zero-order valence-electron chi connectivity index (χ0n) is 10.4. The van der Waals surface area contributed by atoms with E-state index in [0.29, 0.717) is 18.1 Å². The van der Waals surface area contributed by atoms with Gasteiger partial charge in [-0.2, -0.15) is 0 Å². The predicted octanol–water partition coefficient (Wildman–Crippen LogP) is 3.85. The van der Waals surface area contributed by atoms with E-state index in [4.69, 9.17) is 0 Å². The molecule has 2 heteroatoms. The average molecular weight is 239 g/mol. The molecule has 1 unspecified atom stereocenters. The summed E-state index contributed by atoms with van der Waals surface area (Å²) in [7, 11) is 0. The summed E-state index contributed by atoms with van der Waals surface area (Å²) in [6.45, 7) is 0. The molecule has 1 atom stereocenters. The molecule has 1 saturated carbocycles. The fourth-order valence-corrected chi connectivity index (χ4v) is 2.81. The number of carbonyl (C=O) groups is 1. The number of Topliss-reactive ketones (excluding diaryl/α,β-unsaturated/α-hetero) is 1. The third kappa shape index (κ3) is 2.28. The van der Waals surface area contributed by atoms with Crippen molar-refractivity contribution in [2.75, 3.05) is 0 Å². The molecule has 0 spiro atoms. The quantitative estimate of drug-likeness (QED) is 0.707. The van der Waals surface area contributed by atoms with E-state index >= 15 is 0 Å². The molecule has 2 nitrogen and oxygen atoms in total. The molecule has 1 aliphatic carbocycles. The van der Waals surface area contributed by atoms with Crippen molar-refractivity contribution in [3.63, 3.8) is 0 Å². The number of rotatable bonds is 1. The second-order valence-corrected chi connectivity index (χ2v) is 5.14. The van der Waals surface area contributed by atoms with Crippen molar-refractivity contribution >= 4 is 16.7 Å². The van der Waals surface area contributed by atoms with Crippen LogP contribution in [0.2, 0.25) is 0 Å². The Balaban J connectivity index is 1.95. The minimum atomic E-state index is 0.395. The van der Waals surface area contributed by atoms with Gasteiger partial charge < -0.3 is 0 Å². The summed E-state index contributed by atoms with van der Waals surface area (Å²) in [6.07, 6.45) is 6.65. The summed E-state index contributed by atoms with van der Waals surface area (Å²) in [5.41, 5.74) is 2.31. The number of benzene rings is 1. The van der Waals surface area contributed by atoms with E-state index in [1.54, 1.807) is 0 Å². The summed E-state index contributed by atoms with van der Waals surface area (Å²) in [5, 5.41) is 1.17. The first-order valence-corrected chi connectivity index (χ1v) is 6.69. The highest BCUT2D eigenvalue weighted by Crippen LogP contribution is 2.31. The molecule has 1 heterocycles. The highest BCUT2D eigenvalue weighted by molar-refractivity contribution is 5.81. The van der Waals surface area contributed by atoms with Crippen molar-refractivity contribution in [1.82, 2.24) is 4.98 Å². The Morgan fingerprint density at radius 3 is 3.06 bits per heavy atom. The van der Waals surface area contributed by atoms with Crippen molar-refractivity contribution in [2.24, 2.45) is 0 Å². The van der Waals surface area contributed by atoms with Gasteiger partial charge in [0.15, 0.2) is 0 Å². The largest absolute Gasteiger partial charge is 0.300 e. The number of nitrogens with zero attached hydrogens (tertiary/aromatic N) is 1. The molecule has 0 amide bonds. The lowest BCUT2D eigenvalue weighted by Gasteiger charge is -2.14. The molecule has 2 aromatic rings. The van der Waals surface area contributed by atoms with Gasteiger partial charge in [0.25, 0.3) is 0 Å². The first-order chi connectivity index (χ1) is 8.83. The SMILES string of the molecule is O=C1CCCCC(c2ccc3cccnc3c2)C1. The van der Waals surface area contributed by atoms with Crippen molar-refractivity contribution in [1.29, 1.82) is 0 Å². The number of aromatic nitrogens is 1. The molecule has 18 heavy (non-hydrogen) atoms. The van der Waals surface area contributed by atoms with Gasteiger partial charge in [0, 0.05) is 24.4 Å². The number of pyridine rings is 1. The lowest BCUT2D eigenvalue weighted by atomic mass is 9.91. The van der Waals surface area contributed by atoms with Gasteiger partial charge in [-0.1, -0.05) is 24.6 Å². The minimum absolute atomic E-state index is 0.395. The van der Waals surface area contributed by atoms with Crippen LogP contribution in [0.25, 0.3) is 10.9 Å². The molecule has 0 bridgehead atoms. The van der Waals surface area contributed by atoms with Crippen LogP contribution in [0.3, 0.4) is 0 Å². The number of hydrogen-bond donors (Lipinski definition) is 0. The normalized spacial score (nSPS) is 20.9. The van der Waals surface area contributed by atoms with E-state index in [1.165, 1.54) is 10.9 Å². The maximum Gasteiger partial charge on any atom is 0.133 e. The highest BCUT2D eigenvalue weighted by atomic mass is 16.1. The Morgan fingerprint density at radius 1 is 1.17 bits per heavy atom. The van der Waals surface area contributed by atoms with E-state index in [0.717, 1.165) is 31.2 Å². The van der Waals surface area contributed by atoms with Crippen LogP contribution in [0, 0.1) is 0 Å². The van der Waals surface area contributed by atoms with Gasteiger partial charge in [0.1, 0.15) is 5.78 Å². The van der Waals surface area contributed by atoms with Gasteiger partial charge >= 0.3 is 0 Å². The number of fused-ring (bicyclic) bond motifs is 1. The van der Waals surface area contributed by atoms with Crippen molar-refractivity contribution in [3.05, 3.63) is 42.1 Å². The van der Waals surface area contributed by atoms with Crippen molar-refractivity contribution in [2.45, 2.75) is 38.0 Å². The molecular formula is C16H17NO. The Labute approximate surface area is 107 Å². The zero-order chi connectivity index (χ0) is 12.4. The van der Waals surface area contributed by atoms with E-state index in [2.05, 4.69) is 29.2 Å². The molecule has 1 aromatic heterocycles. The van der Waals surface area contributed by atoms with Gasteiger partial charge in [-0.25, -0.2) is 0 Å². The lowest BCUT2D eigenvalue weighted by Crippen LogP contribution is -2.03. The van der Waals surface area contributed by atoms with E-state index < -0.39 is 0 Å². The van der Waals surface area contributed by atoms with E-state index in [-0.39, 0.29) is 0 Å². The van der Waals surface area contributed by atoms with Crippen LogP contribution >= 0.6 is 0 Å². The fourth-order valence-electron chi connectivity index (χ4n) is 2.81. The van der Waals surface area contributed by atoms with Crippen LogP contribution in [-0.4, -0.2) is 10.8 Å². The van der Waals surface area contributed by atoms with Crippen LogP contribution < -0.4 is 0 Å². The summed E-state index contributed by atoms with van der Waals surface area (Å²) in [5.74, 6) is 0.810. The monoisotopic (exact) mass is 239 g/mol. The van der Waals surface area contributed by atoms with Crippen LogP contribution in [0.1, 0.15) is 43.6 Å². The summed E-state index contributed by atoms with van der Waals surface area (Å²) >= 11 is 0. The Hall–Kier alpha value is -1.70. The molecular weight excluding hydrogens is 222 g/mol. The number of hydrogen-bond acceptors (Lipinski definition) is 2. The third-order valence-electron chi connectivity index (χ3n) is 3.83. The predicted molar refractivity (Wildman–Crippen MR) is 72.6 cm³/mol. The second kappa shape index (κ2) is 4.89. The van der Waals surface area contributed by atoms with Gasteiger partial charge in [0.05, 0.1) is 5.52 Å². The lowest BCUT2D eigenvalue weighted by molar-refractivity contribution is -0.119. The standard InChI is InChI=1S/C16H17NO/c18-15-6-2-1-4-13(10-15)14-8-7-12-5-3-9-17-16(12)11-14/h3,5,7-9,11,13H,1-2,4,6,10H2. The van der Waals surface area contributed by atoms with Crippen LogP contribution in [0.4, 0.5) is 0 Å². The molecule has 0 radical (unpaired) electrons. The molecule has 1 aromatic carbocycles. The number of carbonyl (C=O) groups excluding carboxylic acids is 1. The maximum absolute atomic E-state index is 11.7. The van der Waals surface area contributed by atoms with Crippen LogP contribution in [0.15, 0.2) is 36.5 Å². The van der Waals surface area contributed by atoms with Gasteiger partial charge in [-0.05, 0) is 36.5 Å². The molecule has 1 aliphatic rings. The Morgan fingerprint density at radius 2 is 2.11 bits per heavy atom. The Bertz CT molecular complexity index is 576. The molecule has 1 fully saturated rings. The summed E-state index contributed by atoms with van der Waals surface area (Å²) < 4.78 is 0. The highest BCUT2D eigenvalue weighted by Gasteiger charge is 2.19. The van der Waals surface area contributed by atoms with Gasteiger partial charge in [-0.15, -0.1) is 0 Å². The van der Waals surface area contributed by atoms with Gasteiger partial charge in [-0.3, -0.25) is 9.78 Å². The topological polar surface area (TPSA) is 30.0 Å². The fraction of sp³-hybridized carbons (Fsp3) is 0.375. The molecule has 0 aliphatic heterocycles. The first-order valence-electron chi connectivity index (χ1n) is 6.69. The molecule has 0 N–H and O–H groups in total. The minimum Gasteiger partial charge on any atom is -0.300 e. The third-order valence-corrected chi connectivity index (χ3v) is 3.83. The molecule has 3 rings (SSSR count). The smallest absolute Gasteiger partial charge is 0.133 e. The molecule has 92 valence electrons. The second-order valence-electron chi connectivity index (χ2n) is 5.14.